The molecule has 0 aromatic heterocycles. The lowest BCUT2D eigenvalue weighted by Crippen LogP contribution is -2.21. The maximum absolute atomic E-state index is 11.8. The summed E-state index contributed by atoms with van der Waals surface area (Å²) >= 11 is 7.45. The van der Waals surface area contributed by atoms with Gasteiger partial charge in [0.2, 0.25) is 0 Å². The van der Waals surface area contributed by atoms with E-state index in [9.17, 15) is 9.59 Å². The van der Waals surface area contributed by atoms with Crippen molar-refractivity contribution in [2.45, 2.75) is 37.2 Å². The number of hydrogen-bond acceptors (Lipinski definition) is 9. The molecule has 13 heteroatoms. The van der Waals surface area contributed by atoms with E-state index in [4.69, 9.17) is 32.8 Å². The van der Waals surface area contributed by atoms with E-state index in [0.717, 1.165) is 23.5 Å². The second-order valence-electron chi connectivity index (χ2n) is 4.72. The van der Waals surface area contributed by atoms with E-state index in [1.807, 2.05) is 0 Å². The Kier molecular flexibility index (Phi) is 14.6. The van der Waals surface area contributed by atoms with Gasteiger partial charge in [-0.15, -0.1) is 0 Å². The Morgan fingerprint density at radius 2 is 1.35 bits per heavy atom. The summed E-state index contributed by atoms with van der Waals surface area (Å²) in [5.41, 5.74) is 16.3. The van der Waals surface area contributed by atoms with Crippen LogP contribution in [0.1, 0.15) is 26.7 Å². The molecule has 0 fully saturated rings. The van der Waals surface area contributed by atoms with Gasteiger partial charge in [-0.2, -0.15) is 0 Å². The van der Waals surface area contributed by atoms with E-state index >= 15 is 0 Å². The monoisotopic (exact) mass is 420 g/mol. The summed E-state index contributed by atoms with van der Waals surface area (Å²) in [5.74, 6) is -0.848. The average molecular weight is 421 g/mol. The largest absolute Gasteiger partial charge is 0.465 e. The number of hydrogen-bond donors (Lipinski definition) is 0. The van der Waals surface area contributed by atoms with Crippen LogP contribution < -0.4 is 0 Å². The van der Waals surface area contributed by atoms with Crippen molar-refractivity contribution >= 4 is 51.2 Å². The number of thiocarbonyl (C=S) groups is 1. The summed E-state index contributed by atoms with van der Waals surface area (Å²) in [4.78, 5) is 28.8. The molecule has 0 rings (SSSR count). The molecule has 0 heterocycles. The Morgan fingerprint density at radius 3 is 1.69 bits per heavy atom. The molecule has 0 aliphatic carbocycles. The van der Waals surface area contributed by atoms with Crippen molar-refractivity contribution in [3.8, 4) is 0 Å². The third-order valence-electron chi connectivity index (χ3n) is 2.63. The molecule has 0 aliphatic rings. The van der Waals surface area contributed by atoms with Crippen molar-refractivity contribution in [3.05, 3.63) is 20.9 Å². The Hall–Kier alpha value is -1.65. The van der Waals surface area contributed by atoms with E-state index in [0.29, 0.717) is 16.4 Å². The Morgan fingerprint density at radius 1 is 0.962 bits per heavy atom. The zero-order valence-electron chi connectivity index (χ0n) is 14.4. The second kappa shape index (κ2) is 15.6. The van der Waals surface area contributed by atoms with Crippen molar-refractivity contribution in [1.82, 2.24) is 0 Å². The summed E-state index contributed by atoms with van der Waals surface area (Å²) in [6.45, 7) is 4.19. The first-order valence-corrected chi connectivity index (χ1v) is 9.81. The van der Waals surface area contributed by atoms with Crippen molar-refractivity contribution < 1.29 is 19.1 Å². The van der Waals surface area contributed by atoms with Crippen molar-refractivity contribution in [3.63, 3.8) is 0 Å². The van der Waals surface area contributed by atoms with E-state index in [1.165, 1.54) is 0 Å². The number of thioether (sulfide) groups is 2. The lowest BCUT2D eigenvalue weighted by molar-refractivity contribution is -0.143. The van der Waals surface area contributed by atoms with Crippen LogP contribution in [0.3, 0.4) is 0 Å². The van der Waals surface area contributed by atoms with E-state index < -0.39 is 22.4 Å². The zero-order valence-corrected chi connectivity index (χ0v) is 16.9. The predicted octanol–water partition coefficient (Wildman–Crippen LogP) is 4.00. The van der Waals surface area contributed by atoms with Crippen LogP contribution in [0.4, 0.5) is 0 Å². The Labute approximate surface area is 165 Å². The zero-order chi connectivity index (χ0) is 19.8. The van der Waals surface area contributed by atoms with Crippen LogP contribution in [0.15, 0.2) is 10.2 Å². The highest BCUT2D eigenvalue weighted by Gasteiger charge is 2.22. The quantitative estimate of drug-likeness (QED) is 0.115. The first-order valence-electron chi connectivity index (χ1n) is 7.64. The van der Waals surface area contributed by atoms with E-state index in [-0.39, 0.29) is 26.3 Å². The smallest absolute Gasteiger partial charge is 0.319 e. The number of rotatable bonds is 12. The molecule has 10 nitrogen and oxygen atoms in total. The number of azide groups is 2. The topological polar surface area (TPSA) is 150 Å². The van der Waals surface area contributed by atoms with Gasteiger partial charge in [0.25, 0.3) is 0 Å². The molecule has 0 amide bonds. The Bertz CT molecular complexity index is 530. The molecule has 0 N–H and O–H groups in total. The summed E-state index contributed by atoms with van der Waals surface area (Å²) < 4.78 is 10.5. The van der Waals surface area contributed by atoms with Gasteiger partial charge >= 0.3 is 11.9 Å². The minimum atomic E-state index is -0.512. The first-order chi connectivity index (χ1) is 12.4. The van der Waals surface area contributed by atoms with Crippen LogP contribution in [0, 0.1) is 0 Å². The van der Waals surface area contributed by atoms with Crippen LogP contribution in [0.5, 0.6) is 0 Å². The highest BCUT2D eigenvalue weighted by atomic mass is 32.2. The number of nitrogens with zero attached hydrogens (tertiary/aromatic N) is 6. The lowest BCUT2D eigenvalue weighted by Gasteiger charge is -2.14. The molecule has 0 saturated carbocycles. The lowest BCUT2D eigenvalue weighted by atomic mass is 10.4. The van der Waals surface area contributed by atoms with Gasteiger partial charge in [0.05, 0.1) is 13.2 Å². The fourth-order valence-corrected chi connectivity index (χ4v) is 4.21. The van der Waals surface area contributed by atoms with Gasteiger partial charge < -0.3 is 9.47 Å². The summed E-state index contributed by atoms with van der Waals surface area (Å²) in [7, 11) is 0. The maximum atomic E-state index is 11.8. The summed E-state index contributed by atoms with van der Waals surface area (Å²) in [5, 5.41) is 5.66. The fourth-order valence-electron chi connectivity index (χ4n) is 1.35. The molecular weight excluding hydrogens is 400 g/mol. The average Bonchev–Trinajstić information content (AvgIpc) is 2.60. The summed E-state index contributed by atoms with van der Waals surface area (Å²) in [6, 6.07) is 0. The maximum Gasteiger partial charge on any atom is 0.319 e. The first kappa shape index (κ1) is 24.4. The molecule has 0 aromatic rings. The molecule has 2 atom stereocenters. The third-order valence-corrected chi connectivity index (χ3v) is 5.26. The number of carbonyl (C=O) groups excluding carboxylic acids is 2. The third kappa shape index (κ3) is 12.7. The van der Waals surface area contributed by atoms with Crippen LogP contribution in [0.2, 0.25) is 0 Å². The van der Waals surface area contributed by atoms with Crippen LogP contribution in [0.25, 0.3) is 20.9 Å². The van der Waals surface area contributed by atoms with Gasteiger partial charge in [-0.25, -0.2) is 0 Å². The number of carbonyl (C=O) groups is 2. The molecule has 144 valence electrons. The van der Waals surface area contributed by atoms with Gasteiger partial charge in [0.15, 0.2) is 0 Å². The van der Waals surface area contributed by atoms with Crippen molar-refractivity contribution in [2.75, 3.05) is 26.3 Å². The van der Waals surface area contributed by atoms with Crippen LogP contribution in [-0.4, -0.2) is 52.3 Å². The predicted molar refractivity (Wildman–Crippen MR) is 106 cm³/mol. The van der Waals surface area contributed by atoms with Crippen LogP contribution >= 0.6 is 35.7 Å². The number of ether oxygens (including phenoxy) is 2. The van der Waals surface area contributed by atoms with Crippen molar-refractivity contribution in [2.24, 2.45) is 10.2 Å². The molecule has 26 heavy (non-hydrogen) atoms. The summed E-state index contributed by atoms with van der Waals surface area (Å²) in [6.07, 6.45) is 0.907. The second-order valence-corrected chi connectivity index (χ2v) is 8.61. The van der Waals surface area contributed by atoms with E-state index in [2.05, 4.69) is 20.1 Å². The number of esters is 2. The van der Waals surface area contributed by atoms with Gasteiger partial charge in [-0.3, -0.25) is 9.59 Å². The molecular formula is C13H20N6O4S3. The molecule has 0 saturated heterocycles. The molecule has 2 unspecified atom stereocenters. The van der Waals surface area contributed by atoms with Gasteiger partial charge in [0.1, 0.15) is 14.0 Å². The molecule has 0 radical (unpaired) electrons. The minimum Gasteiger partial charge on any atom is -0.465 e. The molecule has 0 spiro atoms. The van der Waals surface area contributed by atoms with Gasteiger partial charge in [0, 0.05) is 22.9 Å². The molecule has 0 aromatic carbocycles. The highest BCUT2D eigenvalue weighted by Crippen LogP contribution is 2.26. The normalized spacial score (nSPS) is 12.1. The highest BCUT2D eigenvalue weighted by molar-refractivity contribution is 8.47. The van der Waals surface area contributed by atoms with Crippen molar-refractivity contribution in [1.29, 1.82) is 0 Å². The standard InChI is InChI=1S/C13H20N6O4S3/c1-9(11(20)22-7-3-5-16-18-14)25-13(24)26-10(2)12(21)23-8-4-6-17-19-15/h9-10H,3-8H2,1-2H3. The molecule has 0 bridgehead atoms. The fraction of sp³-hybridized carbons (Fsp3) is 0.769. The minimum absolute atomic E-state index is 0.168. The van der Waals surface area contributed by atoms with Gasteiger partial charge in [-0.05, 0) is 37.8 Å². The van der Waals surface area contributed by atoms with E-state index in [1.54, 1.807) is 13.8 Å². The molecule has 0 aliphatic heterocycles. The van der Waals surface area contributed by atoms with Gasteiger partial charge in [-0.1, -0.05) is 46.0 Å². The van der Waals surface area contributed by atoms with Crippen LogP contribution in [-0.2, 0) is 19.1 Å². The Balaban J connectivity index is 4.05. The SMILES string of the molecule is CC(SC(=S)SC(C)C(=O)OCCCN=[N+]=[N-])C(=O)OCCCN=[N+]=[N-].